The first-order chi connectivity index (χ1) is 7.04. The molecule has 0 amide bonds. The summed E-state index contributed by atoms with van der Waals surface area (Å²) in [4.78, 5) is 10.5. The maximum Gasteiger partial charge on any atom is 0.310 e. The molecule has 4 nitrogen and oxygen atoms in total. The van der Waals surface area contributed by atoms with Gasteiger partial charge >= 0.3 is 5.69 Å². The maximum absolute atomic E-state index is 10.6. The number of ether oxygens (including phenoxy) is 1. The Labute approximate surface area is 96.5 Å². The molecule has 1 aromatic carbocycles. The molecule has 0 aromatic heterocycles. The molecule has 0 fully saturated rings. The van der Waals surface area contributed by atoms with Crippen LogP contribution in [0.5, 0.6) is 5.75 Å². The lowest BCUT2D eigenvalue weighted by Crippen LogP contribution is -1.99. The number of halogens is 1. The normalized spacial score (nSPS) is 12.2. The molecule has 0 aliphatic heterocycles. The van der Waals surface area contributed by atoms with Crippen molar-refractivity contribution in [3.05, 3.63) is 33.9 Å². The average Bonchev–Trinajstić information content (AvgIpc) is 2.16. The number of rotatable bonds is 4. The minimum Gasteiger partial charge on any atom is -0.490 e. The Balaban J connectivity index is 3.02. The Morgan fingerprint density at radius 2 is 2.27 bits per heavy atom. The molecular formula is C10H12BrNO3. The van der Waals surface area contributed by atoms with Crippen LogP contribution in [0.1, 0.15) is 12.5 Å². The molecular weight excluding hydrogens is 262 g/mol. The Morgan fingerprint density at radius 1 is 1.60 bits per heavy atom. The first-order valence-electron chi connectivity index (χ1n) is 4.50. The summed E-state index contributed by atoms with van der Waals surface area (Å²) in [6.45, 7) is 2.02. The van der Waals surface area contributed by atoms with Crippen molar-refractivity contribution < 1.29 is 9.66 Å². The molecule has 0 heterocycles. The Hall–Kier alpha value is -1.10. The lowest BCUT2D eigenvalue weighted by molar-refractivity contribution is -0.385. The van der Waals surface area contributed by atoms with Crippen LogP contribution < -0.4 is 4.74 Å². The molecule has 0 aliphatic rings. The van der Waals surface area contributed by atoms with Crippen LogP contribution in [0.25, 0.3) is 0 Å². The summed E-state index contributed by atoms with van der Waals surface area (Å²) in [6, 6.07) is 4.93. The van der Waals surface area contributed by atoms with Crippen molar-refractivity contribution in [3.63, 3.8) is 0 Å². The fraction of sp³-hybridized carbons (Fsp3) is 0.400. The van der Waals surface area contributed by atoms with E-state index in [-0.39, 0.29) is 5.69 Å². The monoisotopic (exact) mass is 273 g/mol. The van der Waals surface area contributed by atoms with E-state index in [9.17, 15) is 10.1 Å². The fourth-order valence-corrected chi connectivity index (χ4v) is 1.70. The van der Waals surface area contributed by atoms with E-state index in [2.05, 4.69) is 15.9 Å². The number of nitrogens with zero attached hydrogens (tertiary/aromatic N) is 1. The second-order valence-electron chi connectivity index (χ2n) is 3.25. The highest BCUT2D eigenvalue weighted by molar-refractivity contribution is 9.09. The number of methoxy groups -OCH3 is 1. The van der Waals surface area contributed by atoms with Gasteiger partial charge in [-0.05, 0) is 18.1 Å². The third-order valence-corrected chi connectivity index (χ3v) is 2.28. The zero-order chi connectivity index (χ0) is 11.4. The number of nitro groups is 1. The van der Waals surface area contributed by atoms with E-state index < -0.39 is 4.92 Å². The van der Waals surface area contributed by atoms with Crippen molar-refractivity contribution in [3.8, 4) is 5.75 Å². The predicted octanol–water partition coefficient (Wildman–Crippen LogP) is 2.93. The Bertz CT molecular complexity index is 366. The third-order valence-electron chi connectivity index (χ3n) is 1.96. The van der Waals surface area contributed by atoms with Gasteiger partial charge in [0.05, 0.1) is 12.0 Å². The quantitative estimate of drug-likeness (QED) is 0.482. The van der Waals surface area contributed by atoms with E-state index >= 15 is 0 Å². The molecule has 0 N–H and O–H groups in total. The van der Waals surface area contributed by atoms with E-state index in [1.54, 1.807) is 12.1 Å². The smallest absolute Gasteiger partial charge is 0.310 e. The molecule has 0 aliphatic carbocycles. The number of hydrogen-bond donors (Lipinski definition) is 0. The number of nitro benzene ring substituents is 1. The van der Waals surface area contributed by atoms with Gasteiger partial charge in [0.15, 0.2) is 5.75 Å². The molecule has 0 saturated heterocycles. The molecule has 0 bridgehead atoms. The van der Waals surface area contributed by atoms with Crippen molar-refractivity contribution in [2.75, 3.05) is 7.11 Å². The number of alkyl halides is 1. The van der Waals surface area contributed by atoms with Crippen LogP contribution in [-0.2, 0) is 6.42 Å². The van der Waals surface area contributed by atoms with Gasteiger partial charge in [-0.25, -0.2) is 0 Å². The minimum atomic E-state index is -0.444. The van der Waals surface area contributed by atoms with E-state index in [0.717, 1.165) is 12.0 Å². The molecule has 1 unspecified atom stereocenters. The summed E-state index contributed by atoms with van der Waals surface area (Å²) in [5.74, 6) is 0.311. The molecule has 0 saturated carbocycles. The molecule has 1 rings (SSSR count). The molecule has 82 valence electrons. The van der Waals surface area contributed by atoms with Crippen LogP contribution in [0, 0.1) is 10.1 Å². The lowest BCUT2D eigenvalue weighted by atomic mass is 10.1. The van der Waals surface area contributed by atoms with Crippen LogP contribution in [0.2, 0.25) is 0 Å². The molecule has 0 radical (unpaired) electrons. The summed E-state index contributed by atoms with van der Waals surface area (Å²) in [5, 5.41) is 10.6. The standard InChI is InChI=1S/C10H12BrNO3/c1-7(11)5-8-3-4-9(12(13)14)10(6-8)15-2/h3-4,6-7H,5H2,1-2H3. The Morgan fingerprint density at radius 3 is 2.73 bits per heavy atom. The summed E-state index contributed by atoms with van der Waals surface area (Å²) in [7, 11) is 1.43. The van der Waals surface area contributed by atoms with Gasteiger partial charge in [-0.3, -0.25) is 10.1 Å². The van der Waals surface area contributed by atoms with Crippen LogP contribution in [0.3, 0.4) is 0 Å². The molecule has 5 heteroatoms. The van der Waals surface area contributed by atoms with E-state index in [1.165, 1.54) is 13.2 Å². The van der Waals surface area contributed by atoms with Crippen LogP contribution in [0.4, 0.5) is 5.69 Å². The largest absolute Gasteiger partial charge is 0.490 e. The fourth-order valence-electron chi connectivity index (χ4n) is 1.32. The summed E-state index contributed by atoms with van der Waals surface area (Å²) < 4.78 is 4.97. The third kappa shape index (κ3) is 3.20. The number of benzene rings is 1. The Kier molecular flexibility index (Phi) is 4.08. The summed E-state index contributed by atoms with van der Waals surface area (Å²) in [6.07, 6.45) is 0.814. The van der Waals surface area contributed by atoms with Gasteiger partial charge in [-0.1, -0.05) is 28.9 Å². The predicted molar refractivity (Wildman–Crippen MR) is 61.7 cm³/mol. The van der Waals surface area contributed by atoms with Crippen molar-refractivity contribution in [1.29, 1.82) is 0 Å². The topological polar surface area (TPSA) is 52.4 Å². The van der Waals surface area contributed by atoms with Gasteiger partial charge in [-0.2, -0.15) is 0 Å². The first kappa shape index (κ1) is 12.0. The molecule has 1 atom stereocenters. The summed E-state index contributed by atoms with van der Waals surface area (Å²) in [5.41, 5.74) is 1.02. The highest BCUT2D eigenvalue weighted by Crippen LogP contribution is 2.28. The SMILES string of the molecule is COc1cc(CC(C)Br)ccc1[N+](=O)[O-]. The van der Waals surface area contributed by atoms with E-state index in [4.69, 9.17) is 4.74 Å². The second kappa shape index (κ2) is 5.11. The van der Waals surface area contributed by atoms with Crippen molar-refractivity contribution in [1.82, 2.24) is 0 Å². The minimum absolute atomic E-state index is 0.00322. The van der Waals surface area contributed by atoms with Crippen LogP contribution >= 0.6 is 15.9 Å². The van der Waals surface area contributed by atoms with E-state index in [0.29, 0.717) is 10.6 Å². The molecule has 0 spiro atoms. The molecule has 15 heavy (non-hydrogen) atoms. The van der Waals surface area contributed by atoms with Crippen molar-refractivity contribution in [2.45, 2.75) is 18.2 Å². The van der Waals surface area contributed by atoms with Crippen LogP contribution in [-0.4, -0.2) is 16.9 Å². The second-order valence-corrected chi connectivity index (χ2v) is 4.81. The number of hydrogen-bond acceptors (Lipinski definition) is 3. The highest BCUT2D eigenvalue weighted by atomic mass is 79.9. The van der Waals surface area contributed by atoms with Crippen molar-refractivity contribution in [2.24, 2.45) is 0 Å². The van der Waals surface area contributed by atoms with Gasteiger partial charge in [0.1, 0.15) is 0 Å². The highest BCUT2D eigenvalue weighted by Gasteiger charge is 2.14. The van der Waals surface area contributed by atoms with E-state index in [1.807, 2.05) is 6.92 Å². The van der Waals surface area contributed by atoms with Gasteiger partial charge < -0.3 is 4.74 Å². The lowest BCUT2D eigenvalue weighted by Gasteiger charge is -2.06. The van der Waals surface area contributed by atoms with Crippen LogP contribution in [0.15, 0.2) is 18.2 Å². The average molecular weight is 274 g/mol. The zero-order valence-corrected chi connectivity index (χ0v) is 10.2. The summed E-state index contributed by atoms with van der Waals surface area (Å²) >= 11 is 3.43. The zero-order valence-electron chi connectivity index (χ0n) is 8.57. The van der Waals surface area contributed by atoms with Gasteiger partial charge in [0.25, 0.3) is 0 Å². The van der Waals surface area contributed by atoms with Gasteiger partial charge in [0, 0.05) is 10.9 Å². The van der Waals surface area contributed by atoms with Crippen molar-refractivity contribution >= 4 is 21.6 Å². The first-order valence-corrected chi connectivity index (χ1v) is 5.41. The van der Waals surface area contributed by atoms with Gasteiger partial charge in [0.2, 0.25) is 0 Å². The van der Waals surface area contributed by atoms with Gasteiger partial charge in [-0.15, -0.1) is 0 Å². The molecule has 1 aromatic rings. The maximum atomic E-state index is 10.6.